The van der Waals surface area contributed by atoms with E-state index in [1.54, 1.807) is 22.8 Å². The third-order valence-corrected chi connectivity index (χ3v) is 4.26. The summed E-state index contributed by atoms with van der Waals surface area (Å²) >= 11 is 7.49. The van der Waals surface area contributed by atoms with Gasteiger partial charge < -0.3 is 5.11 Å². The third kappa shape index (κ3) is 3.99. The molecular weight excluding hydrogens is 308 g/mol. The van der Waals surface area contributed by atoms with Gasteiger partial charge in [-0.15, -0.1) is 0 Å². The summed E-state index contributed by atoms with van der Waals surface area (Å²) in [4.78, 5) is 17.3. The third-order valence-electron chi connectivity index (χ3n) is 2.96. The molecule has 1 N–H and O–H groups in total. The highest BCUT2D eigenvalue weighted by molar-refractivity contribution is 7.99. The number of rotatable bonds is 6. The Morgan fingerprint density at radius 2 is 2.19 bits per heavy atom. The van der Waals surface area contributed by atoms with E-state index in [2.05, 4.69) is 18.8 Å². The van der Waals surface area contributed by atoms with Crippen LogP contribution in [0.5, 0.6) is 0 Å². The summed E-state index contributed by atoms with van der Waals surface area (Å²) in [5.74, 6) is 1.08. The lowest BCUT2D eigenvalue weighted by molar-refractivity contribution is 0.296. The smallest absolute Gasteiger partial charge is 0.262 e. The Bertz CT molecular complexity index is 685. The first-order valence-corrected chi connectivity index (χ1v) is 8.33. The molecule has 1 aromatic carbocycles. The van der Waals surface area contributed by atoms with E-state index < -0.39 is 0 Å². The molecule has 1 aromatic heterocycles. The van der Waals surface area contributed by atoms with Crippen LogP contribution in [0.2, 0.25) is 5.02 Å². The minimum atomic E-state index is -0.0531. The number of hydrogen-bond acceptors (Lipinski definition) is 4. The first-order chi connectivity index (χ1) is 10.0. The molecule has 4 nitrogen and oxygen atoms in total. The van der Waals surface area contributed by atoms with E-state index in [0.717, 1.165) is 5.75 Å². The van der Waals surface area contributed by atoms with Crippen molar-refractivity contribution in [2.24, 2.45) is 5.92 Å². The zero-order chi connectivity index (χ0) is 15.4. The zero-order valence-corrected chi connectivity index (χ0v) is 13.7. The molecule has 114 valence electrons. The van der Waals surface area contributed by atoms with Crippen LogP contribution in [0.25, 0.3) is 10.9 Å². The largest absolute Gasteiger partial charge is 0.396 e. The fourth-order valence-electron chi connectivity index (χ4n) is 2.04. The van der Waals surface area contributed by atoms with Crippen molar-refractivity contribution in [3.63, 3.8) is 0 Å². The standard InChI is InChI=1S/C15H19ClN2O2S/c1-10(2)9-18-14(20)12-8-11(16)4-5-13(12)17-15(18)21-7-3-6-19/h4-5,8,10,19H,3,6-7,9H2,1-2H3. The predicted molar refractivity (Wildman–Crippen MR) is 88.3 cm³/mol. The molecule has 2 rings (SSSR count). The predicted octanol–water partition coefficient (Wildman–Crippen LogP) is 3.18. The van der Waals surface area contributed by atoms with Crippen molar-refractivity contribution in [2.45, 2.75) is 32.0 Å². The van der Waals surface area contributed by atoms with Gasteiger partial charge in [0.25, 0.3) is 5.56 Å². The van der Waals surface area contributed by atoms with Crippen LogP contribution in [0, 0.1) is 5.92 Å². The normalized spacial score (nSPS) is 11.5. The van der Waals surface area contributed by atoms with Gasteiger partial charge in [-0.1, -0.05) is 37.2 Å². The van der Waals surface area contributed by atoms with Gasteiger partial charge in [-0.05, 0) is 30.5 Å². The molecule has 0 saturated heterocycles. The molecule has 0 fully saturated rings. The molecule has 0 unspecified atom stereocenters. The summed E-state index contributed by atoms with van der Waals surface area (Å²) in [5, 5.41) is 10.7. The van der Waals surface area contributed by atoms with Crippen LogP contribution in [-0.2, 0) is 6.54 Å². The maximum absolute atomic E-state index is 12.7. The summed E-state index contributed by atoms with van der Waals surface area (Å²) in [6, 6.07) is 5.19. The Morgan fingerprint density at radius 3 is 2.86 bits per heavy atom. The number of aromatic nitrogens is 2. The molecule has 0 amide bonds. The van der Waals surface area contributed by atoms with Gasteiger partial charge in [-0.3, -0.25) is 9.36 Å². The topological polar surface area (TPSA) is 55.1 Å². The van der Waals surface area contributed by atoms with E-state index in [-0.39, 0.29) is 12.2 Å². The van der Waals surface area contributed by atoms with Gasteiger partial charge in [0.1, 0.15) is 0 Å². The molecule has 6 heteroatoms. The average Bonchev–Trinajstić information content (AvgIpc) is 2.43. The van der Waals surface area contributed by atoms with Crippen molar-refractivity contribution in [1.29, 1.82) is 0 Å². The first kappa shape index (κ1) is 16.3. The average molecular weight is 327 g/mol. The van der Waals surface area contributed by atoms with Crippen molar-refractivity contribution in [1.82, 2.24) is 9.55 Å². The molecule has 0 aliphatic heterocycles. The van der Waals surface area contributed by atoms with E-state index in [1.807, 2.05) is 0 Å². The van der Waals surface area contributed by atoms with Crippen LogP contribution in [0.3, 0.4) is 0 Å². The van der Waals surface area contributed by atoms with Crippen molar-refractivity contribution in [3.8, 4) is 0 Å². The molecule has 0 aliphatic rings. The van der Waals surface area contributed by atoms with Crippen LogP contribution < -0.4 is 5.56 Å². The quantitative estimate of drug-likeness (QED) is 0.503. The van der Waals surface area contributed by atoms with Crippen molar-refractivity contribution in [2.75, 3.05) is 12.4 Å². The molecule has 0 radical (unpaired) electrons. The number of aliphatic hydroxyl groups is 1. The summed E-state index contributed by atoms with van der Waals surface area (Å²) in [6.07, 6.45) is 0.681. The Labute approximate surface area is 133 Å². The molecule has 0 atom stereocenters. The summed E-state index contributed by atoms with van der Waals surface area (Å²) in [7, 11) is 0. The Hall–Kier alpha value is -1.04. The lowest BCUT2D eigenvalue weighted by atomic mass is 10.2. The minimum Gasteiger partial charge on any atom is -0.396 e. The molecule has 0 spiro atoms. The van der Waals surface area contributed by atoms with Gasteiger partial charge in [0.05, 0.1) is 10.9 Å². The molecule has 0 saturated carbocycles. The van der Waals surface area contributed by atoms with Gasteiger partial charge in [-0.25, -0.2) is 4.98 Å². The number of nitrogens with zero attached hydrogens (tertiary/aromatic N) is 2. The second kappa shape index (κ2) is 7.29. The fourth-order valence-corrected chi connectivity index (χ4v) is 3.14. The zero-order valence-electron chi connectivity index (χ0n) is 12.2. The van der Waals surface area contributed by atoms with E-state index >= 15 is 0 Å². The second-order valence-corrected chi connectivity index (χ2v) is 6.79. The van der Waals surface area contributed by atoms with Gasteiger partial charge in [0.2, 0.25) is 0 Å². The molecule has 2 aromatic rings. The number of benzene rings is 1. The second-order valence-electron chi connectivity index (χ2n) is 5.29. The highest BCUT2D eigenvalue weighted by Gasteiger charge is 2.13. The lowest BCUT2D eigenvalue weighted by Gasteiger charge is -2.14. The Kier molecular flexibility index (Phi) is 5.67. The van der Waals surface area contributed by atoms with E-state index in [1.165, 1.54) is 11.8 Å². The molecule has 1 heterocycles. The highest BCUT2D eigenvalue weighted by Crippen LogP contribution is 2.21. The summed E-state index contributed by atoms with van der Waals surface area (Å²) < 4.78 is 1.71. The highest BCUT2D eigenvalue weighted by atomic mass is 35.5. The summed E-state index contributed by atoms with van der Waals surface area (Å²) in [6.45, 7) is 4.90. The van der Waals surface area contributed by atoms with Gasteiger partial charge in [0, 0.05) is 23.9 Å². The van der Waals surface area contributed by atoms with Crippen molar-refractivity contribution < 1.29 is 5.11 Å². The van der Waals surface area contributed by atoms with Crippen LogP contribution in [0.4, 0.5) is 0 Å². The SMILES string of the molecule is CC(C)Cn1c(SCCCO)nc2ccc(Cl)cc2c1=O. The summed E-state index contributed by atoms with van der Waals surface area (Å²) in [5.41, 5.74) is 0.610. The maximum atomic E-state index is 12.7. The maximum Gasteiger partial charge on any atom is 0.262 e. The van der Waals surface area contributed by atoms with Crippen LogP contribution in [0.15, 0.2) is 28.2 Å². The van der Waals surface area contributed by atoms with E-state index in [4.69, 9.17) is 16.7 Å². The van der Waals surface area contributed by atoms with Gasteiger partial charge in [-0.2, -0.15) is 0 Å². The minimum absolute atomic E-state index is 0.0531. The Morgan fingerprint density at radius 1 is 1.43 bits per heavy atom. The number of fused-ring (bicyclic) bond motifs is 1. The monoisotopic (exact) mass is 326 g/mol. The van der Waals surface area contributed by atoms with E-state index in [9.17, 15) is 4.79 Å². The molecule has 0 bridgehead atoms. The lowest BCUT2D eigenvalue weighted by Crippen LogP contribution is -2.25. The number of halogens is 1. The van der Waals surface area contributed by atoms with Crippen LogP contribution in [-0.4, -0.2) is 27.0 Å². The van der Waals surface area contributed by atoms with Gasteiger partial charge in [0.15, 0.2) is 5.16 Å². The Balaban J connectivity index is 2.53. The van der Waals surface area contributed by atoms with Crippen molar-refractivity contribution in [3.05, 3.63) is 33.6 Å². The van der Waals surface area contributed by atoms with Gasteiger partial charge >= 0.3 is 0 Å². The fraction of sp³-hybridized carbons (Fsp3) is 0.467. The first-order valence-electron chi connectivity index (χ1n) is 6.96. The van der Waals surface area contributed by atoms with E-state index in [0.29, 0.717) is 40.0 Å². The van der Waals surface area contributed by atoms with Crippen molar-refractivity contribution >= 4 is 34.3 Å². The molecular formula is C15H19ClN2O2S. The number of thioether (sulfide) groups is 1. The number of hydrogen-bond donors (Lipinski definition) is 1. The number of aliphatic hydroxyl groups excluding tert-OH is 1. The van der Waals surface area contributed by atoms with Crippen LogP contribution in [0.1, 0.15) is 20.3 Å². The van der Waals surface area contributed by atoms with Crippen LogP contribution >= 0.6 is 23.4 Å². The molecule has 0 aliphatic carbocycles. The molecule has 21 heavy (non-hydrogen) atoms.